The number of methoxy groups -OCH3 is 1. The topological polar surface area (TPSA) is 81.9 Å². The van der Waals surface area contributed by atoms with Crippen molar-refractivity contribution in [3.05, 3.63) is 30.1 Å². The van der Waals surface area contributed by atoms with Gasteiger partial charge in [0.1, 0.15) is 12.9 Å². The number of aromatic nitrogens is 4. The Hall–Kier alpha value is -2.28. The maximum Gasteiger partial charge on any atom is 0.250 e. The van der Waals surface area contributed by atoms with Crippen LogP contribution in [0.1, 0.15) is 5.56 Å². The Morgan fingerprint density at radius 2 is 2.33 bits per heavy atom. The third-order valence-electron chi connectivity index (χ3n) is 2.38. The van der Waals surface area contributed by atoms with Crippen LogP contribution < -0.4 is 5.32 Å². The second-order valence-corrected chi connectivity index (χ2v) is 3.73. The van der Waals surface area contributed by atoms with E-state index in [1.54, 1.807) is 6.07 Å². The van der Waals surface area contributed by atoms with Crippen molar-refractivity contribution in [3.8, 4) is 5.69 Å². The van der Waals surface area contributed by atoms with Gasteiger partial charge in [-0.2, -0.15) is 0 Å². The van der Waals surface area contributed by atoms with Crippen LogP contribution in [-0.2, 0) is 9.53 Å². The van der Waals surface area contributed by atoms with E-state index >= 15 is 0 Å². The van der Waals surface area contributed by atoms with Crippen LogP contribution >= 0.6 is 0 Å². The number of aryl methyl sites for hydroxylation is 1. The highest BCUT2D eigenvalue weighted by molar-refractivity contribution is 5.92. The third kappa shape index (κ3) is 2.69. The Bertz CT molecular complexity index is 538. The van der Waals surface area contributed by atoms with E-state index in [2.05, 4.69) is 20.8 Å². The number of nitrogens with zero attached hydrogens (tertiary/aromatic N) is 4. The summed E-state index contributed by atoms with van der Waals surface area (Å²) < 4.78 is 6.29. The van der Waals surface area contributed by atoms with Crippen molar-refractivity contribution in [2.24, 2.45) is 0 Å². The van der Waals surface area contributed by atoms with E-state index in [1.165, 1.54) is 18.1 Å². The van der Waals surface area contributed by atoms with Gasteiger partial charge in [0.2, 0.25) is 5.91 Å². The summed E-state index contributed by atoms with van der Waals surface area (Å²) in [7, 11) is 1.48. The molecular formula is C11H13N5O2. The smallest absolute Gasteiger partial charge is 0.250 e. The Morgan fingerprint density at radius 3 is 3.00 bits per heavy atom. The molecule has 0 spiro atoms. The molecular weight excluding hydrogens is 234 g/mol. The first-order valence-electron chi connectivity index (χ1n) is 5.33. The van der Waals surface area contributed by atoms with Crippen molar-refractivity contribution in [2.45, 2.75) is 6.92 Å². The molecule has 1 aromatic carbocycles. The molecule has 18 heavy (non-hydrogen) atoms. The van der Waals surface area contributed by atoms with Crippen LogP contribution in [0.2, 0.25) is 0 Å². The minimum absolute atomic E-state index is 0.0224. The number of carbonyl (C=O) groups is 1. The molecule has 0 aliphatic heterocycles. The Morgan fingerprint density at radius 1 is 1.50 bits per heavy atom. The van der Waals surface area contributed by atoms with Crippen molar-refractivity contribution in [1.82, 2.24) is 20.2 Å². The maximum atomic E-state index is 11.5. The van der Waals surface area contributed by atoms with Gasteiger partial charge in [0, 0.05) is 12.8 Å². The van der Waals surface area contributed by atoms with E-state index in [-0.39, 0.29) is 12.5 Å². The lowest BCUT2D eigenvalue weighted by Crippen LogP contribution is -2.18. The van der Waals surface area contributed by atoms with Crippen LogP contribution in [0.25, 0.3) is 5.69 Å². The van der Waals surface area contributed by atoms with Gasteiger partial charge >= 0.3 is 0 Å². The summed E-state index contributed by atoms with van der Waals surface area (Å²) in [4.78, 5) is 11.5. The molecule has 0 unspecified atom stereocenters. The number of carbonyl (C=O) groups excluding carboxylic acids is 1. The highest BCUT2D eigenvalue weighted by Gasteiger charge is 2.06. The molecule has 94 valence electrons. The van der Waals surface area contributed by atoms with Crippen LogP contribution in [0.3, 0.4) is 0 Å². The molecule has 7 nitrogen and oxygen atoms in total. The molecule has 2 rings (SSSR count). The Labute approximate surface area is 104 Å². The predicted molar refractivity (Wildman–Crippen MR) is 64.4 cm³/mol. The summed E-state index contributed by atoms with van der Waals surface area (Å²) in [6.45, 7) is 1.93. The summed E-state index contributed by atoms with van der Waals surface area (Å²) in [5, 5.41) is 13.7. The van der Waals surface area contributed by atoms with Crippen LogP contribution in [0.15, 0.2) is 24.5 Å². The van der Waals surface area contributed by atoms with Gasteiger partial charge in [-0.05, 0) is 35.0 Å². The minimum Gasteiger partial charge on any atom is -0.375 e. The third-order valence-corrected chi connectivity index (χ3v) is 2.38. The predicted octanol–water partition coefficient (Wildman–Crippen LogP) is 0.556. The Balaban J connectivity index is 2.24. The van der Waals surface area contributed by atoms with E-state index in [1.807, 2.05) is 19.1 Å². The molecule has 0 saturated carbocycles. The van der Waals surface area contributed by atoms with Gasteiger partial charge in [-0.1, -0.05) is 6.07 Å². The zero-order valence-electron chi connectivity index (χ0n) is 10.1. The van der Waals surface area contributed by atoms with Gasteiger partial charge in [0.15, 0.2) is 0 Å². The first-order chi connectivity index (χ1) is 8.70. The number of ether oxygens (including phenoxy) is 1. The summed E-state index contributed by atoms with van der Waals surface area (Å²) in [5.74, 6) is -0.200. The van der Waals surface area contributed by atoms with Crippen molar-refractivity contribution in [2.75, 3.05) is 19.0 Å². The van der Waals surface area contributed by atoms with E-state index < -0.39 is 0 Å². The van der Waals surface area contributed by atoms with Crippen LogP contribution in [0, 0.1) is 6.92 Å². The molecule has 1 N–H and O–H groups in total. The lowest BCUT2D eigenvalue weighted by atomic mass is 10.2. The zero-order valence-corrected chi connectivity index (χ0v) is 10.1. The summed E-state index contributed by atoms with van der Waals surface area (Å²) in [5.41, 5.74) is 2.44. The highest BCUT2D eigenvalue weighted by Crippen LogP contribution is 2.18. The lowest BCUT2D eigenvalue weighted by Gasteiger charge is -2.09. The quantitative estimate of drug-likeness (QED) is 0.853. The average Bonchev–Trinajstić information content (AvgIpc) is 2.86. The van der Waals surface area contributed by atoms with Gasteiger partial charge in [0.25, 0.3) is 0 Å². The van der Waals surface area contributed by atoms with Gasteiger partial charge in [-0.15, -0.1) is 5.10 Å². The van der Waals surface area contributed by atoms with Crippen molar-refractivity contribution in [3.63, 3.8) is 0 Å². The maximum absolute atomic E-state index is 11.5. The molecule has 0 saturated heterocycles. The number of rotatable bonds is 4. The molecule has 1 heterocycles. The van der Waals surface area contributed by atoms with E-state index in [0.717, 1.165) is 11.3 Å². The number of anilines is 1. The highest BCUT2D eigenvalue weighted by atomic mass is 16.5. The fourth-order valence-corrected chi connectivity index (χ4v) is 1.48. The Kier molecular flexibility index (Phi) is 3.63. The monoisotopic (exact) mass is 247 g/mol. The molecule has 0 radical (unpaired) electrons. The van der Waals surface area contributed by atoms with E-state index in [4.69, 9.17) is 4.74 Å². The average molecular weight is 247 g/mol. The number of hydrogen-bond acceptors (Lipinski definition) is 5. The van der Waals surface area contributed by atoms with Gasteiger partial charge < -0.3 is 10.1 Å². The second-order valence-electron chi connectivity index (χ2n) is 3.73. The van der Waals surface area contributed by atoms with E-state index in [0.29, 0.717) is 5.69 Å². The molecule has 0 aliphatic carbocycles. The largest absolute Gasteiger partial charge is 0.375 e. The summed E-state index contributed by atoms with van der Waals surface area (Å²) in [6.07, 6.45) is 1.49. The normalized spacial score (nSPS) is 10.3. The van der Waals surface area contributed by atoms with Gasteiger partial charge in [-0.25, -0.2) is 4.68 Å². The van der Waals surface area contributed by atoms with Gasteiger partial charge in [0.05, 0.1) is 5.69 Å². The number of amides is 1. The standard InChI is InChI=1S/C11H13N5O2/c1-8-3-4-9(16-7-12-14-15-16)5-10(8)13-11(17)6-18-2/h3-5,7H,6H2,1-2H3,(H,13,17). The van der Waals surface area contributed by atoms with E-state index in [9.17, 15) is 4.79 Å². The molecule has 1 amide bonds. The molecule has 7 heteroatoms. The molecule has 1 aromatic heterocycles. The van der Waals surface area contributed by atoms with Crippen LogP contribution in [0.5, 0.6) is 0 Å². The fraction of sp³-hybridized carbons (Fsp3) is 0.273. The molecule has 2 aromatic rings. The number of tetrazole rings is 1. The molecule has 0 bridgehead atoms. The fourth-order valence-electron chi connectivity index (χ4n) is 1.48. The zero-order chi connectivity index (χ0) is 13.0. The molecule has 0 aliphatic rings. The first kappa shape index (κ1) is 12.2. The number of benzene rings is 1. The summed E-state index contributed by atoms with van der Waals surface area (Å²) >= 11 is 0. The first-order valence-corrected chi connectivity index (χ1v) is 5.33. The second kappa shape index (κ2) is 5.37. The van der Waals surface area contributed by atoms with Crippen molar-refractivity contribution in [1.29, 1.82) is 0 Å². The number of hydrogen-bond donors (Lipinski definition) is 1. The summed E-state index contributed by atoms with van der Waals surface area (Å²) in [6, 6.07) is 5.57. The number of nitrogens with one attached hydrogen (secondary N) is 1. The van der Waals surface area contributed by atoms with Crippen LogP contribution in [0.4, 0.5) is 5.69 Å². The van der Waals surface area contributed by atoms with Crippen molar-refractivity contribution < 1.29 is 9.53 Å². The molecule has 0 atom stereocenters. The molecule has 0 fully saturated rings. The SMILES string of the molecule is COCC(=O)Nc1cc(-n2cnnn2)ccc1C. The minimum atomic E-state index is -0.200. The van der Waals surface area contributed by atoms with Crippen molar-refractivity contribution >= 4 is 11.6 Å². The van der Waals surface area contributed by atoms with Gasteiger partial charge in [-0.3, -0.25) is 4.79 Å². The van der Waals surface area contributed by atoms with Crippen LogP contribution in [-0.4, -0.2) is 39.8 Å². The lowest BCUT2D eigenvalue weighted by molar-refractivity contribution is -0.119.